The van der Waals surface area contributed by atoms with E-state index in [0.29, 0.717) is 5.95 Å². The average molecular weight is 426 g/mol. The third kappa shape index (κ3) is 2.85. The highest BCUT2D eigenvalue weighted by molar-refractivity contribution is 5.85. The van der Waals surface area contributed by atoms with Gasteiger partial charge in [-0.1, -0.05) is 36.4 Å². The Bertz CT molecular complexity index is 1350. The normalized spacial score (nSPS) is 18.7. The Morgan fingerprint density at radius 2 is 1.84 bits per heavy atom. The molecule has 2 aliphatic heterocycles. The van der Waals surface area contributed by atoms with Crippen LogP contribution in [0.15, 0.2) is 84.7 Å². The maximum atomic E-state index is 13.7. The van der Waals surface area contributed by atoms with Gasteiger partial charge in [0.05, 0.1) is 12.8 Å². The first-order valence-electron chi connectivity index (χ1n) is 10.3. The molecule has 0 aliphatic carbocycles. The van der Waals surface area contributed by atoms with Gasteiger partial charge in [-0.3, -0.25) is 0 Å². The fourth-order valence-electron chi connectivity index (χ4n) is 4.46. The number of rotatable bonds is 3. The quantitative estimate of drug-likeness (QED) is 0.500. The second-order valence-electron chi connectivity index (χ2n) is 7.71. The highest BCUT2D eigenvalue weighted by Gasteiger charge is 2.40. The number of para-hydroxylation sites is 1. The Balaban J connectivity index is 1.62. The van der Waals surface area contributed by atoms with E-state index in [-0.39, 0.29) is 11.9 Å². The van der Waals surface area contributed by atoms with Gasteiger partial charge in [-0.25, -0.2) is 9.07 Å². The number of halogens is 1. The fraction of sp³-hybridized carbons (Fsp3) is 0.120. The van der Waals surface area contributed by atoms with Crippen LogP contribution in [-0.4, -0.2) is 21.9 Å². The molecule has 2 atom stereocenters. The van der Waals surface area contributed by atoms with E-state index in [0.717, 1.165) is 39.5 Å². The summed E-state index contributed by atoms with van der Waals surface area (Å²) in [5.41, 5.74) is 4.69. The van der Waals surface area contributed by atoms with Crippen LogP contribution in [0, 0.1) is 5.82 Å². The fourth-order valence-corrected chi connectivity index (χ4v) is 4.46. The van der Waals surface area contributed by atoms with Crippen LogP contribution in [0.2, 0.25) is 0 Å². The largest absolute Gasteiger partial charge is 0.497 e. The summed E-state index contributed by atoms with van der Waals surface area (Å²) in [6.07, 6.45) is 1.11. The molecule has 1 N–H and O–H groups in total. The predicted octanol–water partition coefficient (Wildman–Crippen LogP) is 4.99. The molecule has 6 rings (SSSR count). The Morgan fingerprint density at radius 3 is 2.69 bits per heavy atom. The van der Waals surface area contributed by atoms with E-state index in [4.69, 9.17) is 9.47 Å². The lowest BCUT2D eigenvalue weighted by molar-refractivity contribution is 0.222. The molecule has 7 heteroatoms. The molecule has 4 aromatic rings. The average Bonchev–Trinajstić information content (AvgIpc) is 3.31. The van der Waals surface area contributed by atoms with Crippen molar-refractivity contribution in [2.24, 2.45) is 0 Å². The molecule has 0 saturated heterocycles. The minimum atomic E-state index is -0.407. The summed E-state index contributed by atoms with van der Waals surface area (Å²) >= 11 is 0. The van der Waals surface area contributed by atoms with Crippen LogP contribution >= 0.6 is 0 Å². The number of anilines is 1. The first-order valence-corrected chi connectivity index (χ1v) is 10.3. The highest BCUT2D eigenvalue weighted by Crippen LogP contribution is 2.50. The highest BCUT2D eigenvalue weighted by atomic mass is 19.1. The van der Waals surface area contributed by atoms with Crippen molar-refractivity contribution >= 4 is 11.6 Å². The van der Waals surface area contributed by atoms with Gasteiger partial charge in [0.1, 0.15) is 35.8 Å². The number of nitrogens with zero attached hydrogens (tertiary/aromatic N) is 3. The van der Waals surface area contributed by atoms with Crippen molar-refractivity contribution in [2.45, 2.75) is 12.1 Å². The van der Waals surface area contributed by atoms with E-state index >= 15 is 0 Å². The minimum Gasteiger partial charge on any atom is -0.497 e. The third-order valence-electron chi connectivity index (χ3n) is 5.90. The van der Waals surface area contributed by atoms with E-state index in [1.807, 2.05) is 53.2 Å². The Morgan fingerprint density at radius 1 is 1.00 bits per heavy atom. The van der Waals surface area contributed by atoms with E-state index in [1.165, 1.54) is 18.5 Å². The molecule has 3 aromatic carbocycles. The summed E-state index contributed by atoms with van der Waals surface area (Å²) in [6, 6.07) is 21.9. The molecule has 0 bridgehead atoms. The SMILES string of the molecule is COc1cccc(C2Oc3ccccc3C3=C2C(c2ccc(F)cc2)n2ncnc2N3)c1. The van der Waals surface area contributed by atoms with Crippen LogP contribution in [-0.2, 0) is 0 Å². The Labute approximate surface area is 183 Å². The van der Waals surface area contributed by atoms with E-state index in [9.17, 15) is 4.39 Å². The van der Waals surface area contributed by atoms with Crippen molar-refractivity contribution < 1.29 is 13.9 Å². The van der Waals surface area contributed by atoms with Crippen LogP contribution in [0.3, 0.4) is 0 Å². The molecule has 1 aromatic heterocycles. The molecule has 0 saturated carbocycles. The Kier molecular flexibility index (Phi) is 4.21. The summed E-state index contributed by atoms with van der Waals surface area (Å²) in [5.74, 6) is 1.86. The molecule has 0 amide bonds. The van der Waals surface area contributed by atoms with Crippen LogP contribution < -0.4 is 14.8 Å². The molecule has 0 spiro atoms. The van der Waals surface area contributed by atoms with E-state index < -0.39 is 6.10 Å². The van der Waals surface area contributed by atoms with Gasteiger partial charge >= 0.3 is 0 Å². The van der Waals surface area contributed by atoms with Crippen molar-refractivity contribution in [3.63, 3.8) is 0 Å². The van der Waals surface area contributed by atoms with Gasteiger partial charge in [-0.15, -0.1) is 0 Å². The number of hydrogen-bond acceptors (Lipinski definition) is 5. The molecule has 32 heavy (non-hydrogen) atoms. The maximum Gasteiger partial charge on any atom is 0.226 e. The van der Waals surface area contributed by atoms with Crippen LogP contribution in [0.5, 0.6) is 11.5 Å². The predicted molar refractivity (Wildman–Crippen MR) is 118 cm³/mol. The van der Waals surface area contributed by atoms with Crippen molar-refractivity contribution in [3.05, 3.63) is 107 Å². The molecule has 6 nitrogen and oxygen atoms in total. The van der Waals surface area contributed by atoms with Crippen molar-refractivity contribution in [1.82, 2.24) is 14.8 Å². The molecule has 0 radical (unpaired) electrons. The van der Waals surface area contributed by atoms with Crippen molar-refractivity contribution in [1.29, 1.82) is 0 Å². The number of fused-ring (bicyclic) bond motifs is 3. The van der Waals surface area contributed by atoms with Crippen molar-refractivity contribution in [3.8, 4) is 11.5 Å². The van der Waals surface area contributed by atoms with Crippen LogP contribution in [0.1, 0.15) is 28.8 Å². The van der Waals surface area contributed by atoms with Gasteiger partial charge < -0.3 is 14.8 Å². The molecular weight excluding hydrogens is 407 g/mol. The van der Waals surface area contributed by atoms with Gasteiger partial charge in [0.2, 0.25) is 5.95 Å². The smallest absolute Gasteiger partial charge is 0.226 e. The molecular formula is C25H19FN4O2. The standard InChI is InChI=1S/C25H19FN4O2/c1-31-18-6-4-5-16(13-18)24-21-22(19-7-2-3-8-20(19)32-24)29-25-27-14-28-30(25)23(21)15-9-11-17(26)12-10-15/h2-14,23-24H,1H3,(H,27,28,29). The molecule has 158 valence electrons. The summed E-state index contributed by atoms with van der Waals surface area (Å²) in [6.45, 7) is 0. The van der Waals surface area contributed by atoms with E-state index in [2.05, 4.69) is 15.4 Å². The van der Waals surface area contributed by atoms with Gasteiger partial charge in [0.25, 0.3) is 0 Å². The zero-order valence-corrected chi connectivity index (χ0v) is 17.2. The van der Waals surface area contributed by atoms with Crippen molar-refractivity contribution in [2.75, 3.05) is 12.4 Å². The number of hydrogen-bond donors (Lipinski definition) is 1. The van der Waals surface area contributed by atoms with Gasteiger partial charge in [0.15, 0.2) is 0 Å². The first-order chi connectivity index (χ1) is 15.7. The molecule has 2 aliphatic rings. The lowest BCUT2D eigenvalue weighted by Crippen LogP contribution is -2.32. The van der Waals surface area contributed by atoms with Gasteiger partial charge in [0, 0.05) is 16.7 Å². The maximum absolute atomic E-state index is 13.7. The topological polar surface area (TPSA) is 61.2 Å². The van der Waals surface area contributed by atoms with Crippen LogP contribution in [0.4, 0.5) is 10.3 Å². The summed E-state index contributed by atoms with van der Waals surface area (Å²) in [7, 11) is 1.64. The second-order valence-corrected chi connectivity index (χ2v) is 7.71. The summed E-state index contributed by atoms with van der Waals surface area (Å²) in [4.78, 5) is 4.41. The lowest BCUT2D eigenvalue weighted by Gasteiger charge is -2.39. The summed E-state index contributed by atoms with van der Waals surface area (Å²) in [5, 5.41) is 7.94. The monoisotopic (exact) mass is 426 g/mol. The van der Waals surface area contributed by atoms with E-state index in [1.54, 1.807) is 19.2 Å². The lowest BCUT2D eigenvalue weighted by atomic mass is 9.84. The third-order valence-corrected chi connectivity index (χ3v) is 5.90. The number of benzene rings is 3. The number of ether oxygens (including phenoxy) is 2. The molecule has 2 unspecified atom stereocenters. The number of nitrogens with one attached hydrogen (secondary N) is 1. The zero-order valence-electron chi connectivity index (χ0n) is 17.2. The second kappa shape index (κ2) is 7.23. The van der Waals surface area contributed by atoms with Crippen LogP contribution in [0.25, 0.3) is 5.70 Å². The molecule has 0 fully saturated rings. The van der Waals surface area contributed by atoms with Gasteiger partial charge in [-0.05, 0) is 42.0 Å². The zero-order chi connectivity index (χ0) is 21.7. The Hall–Kier alpha value is -4.13. The first kappa shape index (κ1) is 18.6. The number of aromatic nitrogens is 3. The van der Waals surface area contributed by atoms with Gasteiger partial charge in [-0.2, -0.15) is 10.1 Å². The summed E-state index contributed by atoms with van der Waals surface area (Å²) < 4.78 is 27.6. The molecule has 3 heterocycles. The minimum absolute atomic E-state index is 0.287. The number of methoxy groups -OCH3 is 1.